The topological polar surface area (TPSA) is 91.9 Å². The number of thiophene rings is 1. The van der Waals surface area contributed by atoms with E-state index in [0.717, 1.165) is 16.5 Å². The van der Waals surface area contributed by atoms with E-state index in [1.807, 2.05) is 42.5 Å². The SMILES string of the molecule is O=c1[nH]nc(-c2ccc(CNS(=O)(=O)c3cccs3)cc2)c2ccccc12. The number of hydrogen-bond acceptors (Lipinski definition) is 5. The molecule has 4 rings (SSSR count). The van der Waals surface area contributed by atoms with Crippen molar-refractivity contribution in [2.24, 2.45) is 0 Å². The Morgan fingerprint density at radius 3 is 2.41 bits per heavy atom. The van der Waals surface area contributed by atoms with E-state index in [1.165, 1.54) is 11.3 Å². The van der Waals surface area contributed by atoms with Gasteiger partial charge in [-0.05, 0) is 23.1 Å². The molecule has 0 spiro atoms. The number of aromatic nitrogens is 2. The first-order valence-electron chi connectivity index (χ1n) is 8.14. The third kappa shape index (κ3) is 3.55. The van der Waals surface area contributed by atoms with Gasteiger partial charge in [0, 0.05) is 17.5 Å². The summed E-state index contributed by atoms with van der Waals surface area (Å²) < 4.78 is 27.3. The quantitative estimate of drug-likeness (QED) is 0.541. The molecule has 8 heteroatoms. The Kier molecular flexibility index (Phi) is 4.61. The molecule has 2 aromatic heterocycles. The highest BCUT2D eigenvalue weighted by atomic mass is 32.2. The van der Waals surface area contributed by atoms with Crippen LogP contribution in [0.3, 0.4) is 0 Å². The van der Waals surface area contributed by atoms with E-state index in [-0.39, 0.29) is 12.1 Å². The van der Waals surface area contributed by atoms with Crippen molar-refractivity contribution in [2.45, 2.75) is 10.8 Å². The summed E-state index contributed by atoms with van der Waals surface area (Å²) in [4.78, 5) is 11.9. The predicted octanol–water partition coefficient (Wildman–Crippen LogP) is 3.13. The van der Waals surface area contributed by atoms with Crippen molar-refractivity contribution in [3.63, 3.8) is 0 Å². The molecule has 0 unspecified atom stereocenters. The average molecular weight is 397 g/mol. The summed E-state index contributed by atoms with van der Waals surface area (Å²) in [6.07, 6.45) is 0. The smallest absolute Gasteiger partial charge is 0.267 e. The van der Waals surface area contributed by atoms with E-state index in [1.54, 1.807) is 23.6 Å². The van der Waals surface area contributed by atoms with E-state index >= 15 is 0 Å². The molecule has 0 atom stereocenters. The number of nitrogens with zero attached hydrogens (tertiary/aromatic N) is 1. The van der Waals surface area contributed by atoms with Crippen LogP contribution < -0.4 is 10.3 Å². The van der Waals surface area contributed by atoms with E-state index in [9.17, 15) is 13.2 Å². The van der Waals surface area contributed by atoms with Crippen molar-refractivity contribution in [1.82, 2.24) is 14.9 Å². The molecule has 0 aliphatic heterocycles. The minimum atomic E-state index is -3.49. The molecular weight excluding hydrogens is 382 g/mol. The van der Waals surface area contributed by atoms with Gasteiger partial charge in [0.2, 0.25) is 10.0 Å². The molecule has 136 valence electrons. The Morgan fingerprint density at radius 2 is 1.70 bits per heavy atom. The van der Waals surface area contributed by atoms with E-state index in [2.05, 4.69) is 14.9 Å². The molecule has 0 saturated carbocycles. The molecule has 0 saturated heterocycles. The number of aromatic amines is 1. The number of nitrogens with one attached hydrogen (secondary N) is 2. The zero-order valence-corrected chi connectivity index (χ0v) is 15.7. The molecule has 6 nitrogen and oxygen atoms in total. The molecule has 0 amide bonds. The largest absolute Gasteiger partial charge is 0.272 e. The Labute approximate surface area is 159 Å². The first kappa shape index (κ1) is 17.6. The summed E-state index contributed by atoms with van der Waals surface area (Å²) in [6, 6.07) is 18.0. The third-order valence-electron chi connectivity index (χ3n) is 4.15. The molecule has 2 N–H and O–H groups in total. The van der Waals surface area contributed by atoms with Gasteiger partial charge in [-0.3, -0.25) is 4.79 Å². The van der Waals surface area contributed by atoms with Crippen LogP contribution in [0.25, 0.3) is 22.0 Å². The second kappa shape index (κ2) is 7.07. The van der Waals surface area contributed by atoms with Crippen molar-refractivity contribution < 1.29 is 8.42 Å². The van der Waals surface area contributed by atoms with E-state index < -0.39 is 10.0 Å². The molecule has 4 aromatic rings. The van der Waals surface area contributed by atoms with Crippen molar-refractivity contribution >= 4 is 32.1 Å². The van der Waals surface area contributed by atoms with Crippen LogP contribution in [-0.2, 0) is 16.6 Å². The second-order valence-electron chi connectivity index (χ2n) is 5.90. The van der Waals surface area contributed by atoms with Gasteiger partial charge >= 0.3 is 0 Å². The van der Waals surface area contributed by atoms with Crippen LogP contribution in [0.4, 0.5) is 0 Å². The van der Waals surface area contributed by atoms with Gasteiger partial charge in [0.15, 0.2) is 0 Å². The van der Waals surface area contributed by atoms with Crippen LogP contribution in [0, 0.1) is 0 Å². The van der Waals surface area contributed by atoms with Gasteiger partial charge in [0.05, 0.1) is 11.1 Å². The fourth-order valence-electron chi connectivity index (χ4n) is 2.78. The first-order chi connectivity index (χ1) is 13.0. The second-order valence-corrected chi connectivity index (χ2v) is 8.84. The molecule has 2 heterocycles. The summed E-state index contributed by atoms with van der Waals surface area (Å²) in [5, 5.41) is 9.78. The van der Waals surface area contributed by atoms with Crippen molar-refractivity contribution in [1.29, 1.82) is 0 Å². The number of rotatable bonds is 5. The van der Waals surface area contributed by atoms with Crippen LogP contribution in [0.15, 0.2) is 75.0 Å². The fourth-order valence-corrected chi connectivity index (χ4v) is 4.84. The van der Waals surface area contributed by atoms with Crippen molar-refractivity contribution in [2.75, 3.05) is 0 Å². The maximum absolute atomic E-state index is 12.2. The lowest BCUT2D eigenvalue weighted by Crippen LogP contribution is -2.22. The lowest BCUT2D eigenvalue weighted by atomic mass is 10.0. The molecule has 0 aliphatic carbocycles. The highest BCUT2D eigenvalue weighted by molar-refractivity contribution is 7.91. The number of hydrogen-bond donors (Lipinski definition) is 2. The van der Waals surface area contributed by atoms with Crippen LogP contribution in [-0.4, -0.2) is 18.6 Å². The third-order valence-corrected chi connectivity index (χ3v) is 6.95. The van der Waals surface area contributed by atoms with Crippen molar-refractivity contribution in [3.8, 4) is 11.3 Å². The van der Waals surface area contributed by atoms with Gasteiger partial charge < -0.3 is 0 Å². The lowest BCUT2D eigenvalue weighted by molar-refractivity contribution is 0.583. The van der Waals surface area contributed by atoms with Crippen LogP contribution >= 0.6 is 11.3 Å². The minimum Gasteiger partial charge on any atom is -0.267 e. The number of H-pyrrole nitrogens is 1. The van der Waals surface area contributed by atoms with Gasteiger partial charge in [-0.25, -0.2) is 18.2 Å². The van der Waals surface area contributed by atoms with Gasteiger partial charge in [0.1, 0.15) is 4.21 Å². The number of benzene rings is 2. The summed E-state index contributed by atoms with van der Waals surface area (Å²) in [6.45, 7) is 0.195. The fraction of sp³-hybridized carbons (Fsp3) is 0.0526. The maximum Gasteiger partial charge on any atom is 0.272 e. The Hall–Kier alpha value is -2.81. The first-order valence-corrected chi connectivity index (χ1v) is 10.5. The van der Waals surface area contributed by atoms with E-state index in [4.69, 9.17) is 0 Å². The van der Waals surface area contributed by atoms with Crippen LogP contribution in [0.5, 0.6) is 0 Å². The highest BCUT2D eigenvalue weighted by Crippen LogP contribution is 2.24. The average Bonchev–Trinajstić information content (AvgIpc) is 3.24. The summed E-state index contributed by atoms with van der Waals surface area (Å²) in [5.74, 6) is 0. The van der Waals surface area contributed by atoms with Gasteiger partial charge in [0.25, 0.3) is 5.56 Å². The monoisotopic (exact) mass is 397 g/mol. The summed E-state index contributed by atoms with van der Waals surface area (Å²) in [7, 11) is -3.49. The summed E-state index contributed by atoms with van der Waals surface area (Å²) >= 11 is 1.18. The molecular formula is C19H15N3O3S2. The molecule has 0 aliphatic rings. The van der Waals surface area contributed by atoms with Gasteiger partial charge in [-0.1, -0.05) is 48.5 Å². The molecule has 0 radical (unpaired) electrons. The molecule has 2 aromatic carbocycles. The van der Waals surface area contributed by atoms with Crippen LogP contribution in [0.1, 0.15) is 5.56 Å². The van der Waals surface area contributed by atoms with E-state index in [0.29, 0.717) is 15.3 Å². The number of sulfonamides is 1. The Balaban J connectivity index is 1.59. The molecule has 27 heavy (non-hydrogen) atoms. The highest BCUT2D eigenvalue weighted by Gasteiger charge is 2.14. The van der Waals surface area contributed by atoms with Gasteiger partial charge in [-0.2, -0.15) is 5.10 Å². The molecule has 0 fully saturated rings. The van der Waals surface area contributed by atoms with Gasteiger partial charge in [-0.15, -0.1) is 11.3 Å². The normalized spacial score (nSPS) is 11.7. The standard InChI is InChI=1S/C19H15N3O3S2/c23-19-16-5-2-1-4-15(16)18(21-22-19)14-9-7-13(8-10-14)12-20-27(24,25)17-6-3-11-26-17/h1-11,20H,12H2,(H,22,23). The Bertz CT molecular complexity index is 1250. The van der Waals surface area contributed by atoms with Crippen molar-refractivity contribution in [3.05, 3.63) is 82.0 Å². The number of fused-ring (bicyclic) bond motifs is 1. The maximum atomic E-state index is 12.2. The zero-order valence-electron chi connectivity index (χ0n) is 14.0. The minimum absolute atomic E-state index is 0.195. The Morgan fingerprint density at radius 1 is 0.963 bits per heavy atom. The lowest BCUT2D eigenvalue weighted by Gasteiger charge is -2.08. The summed E-state index contributed by atoms with van der Waals surface area (Å²) in [5.41, 5.74) is 2.12. The molecule has 0 bridgehead atoms. The zero-order chi connectivity index (χ0) is 18.9. The van der Waals surface area contributed by atoms with Crippen LogP contribution in [0.2, 0.25) is 0 Å². The predicted molar refractivity (Wildman–Crippen MR) is 106 cm³/mol.